The molecule has 3 amide bonds. The summed E-state index contributed by atoms with van der Waals surface area (Å²) < 4.78 is 5.06. The van der Waals surface area contributed by atoms with Crippen molar-refractivity contribution < 1.29 is 18.8 Å². The molecular weight excluding hydrogens is 348 g/mol. The standard InChI is InChI=1S/C19H22N4O4/c1-14-4-6-15(7-5-14)21-13-19(26)23-22-18(25)10-11-20-17(24)9-8-16-3-2-12-27-16/h2-9,12,21H,10-11,13H2,1H3,(H,20,24)(H,22,25)(H,23,26)/b9-8+. The summed E-state index contributed by atoms with van der Waals surface area (Å²) in [5, 5.41) is 5.50. The number of hydrogen-bond donors (Lipinski definition) is 4. The van der Waals surface area contributed by atoms with Gasteiger partial charge >= 0.3 is 0 Å². The minimum absolute atomic E-state index is 0.0254. The monoisotopic (exact) mass is 370 g/mol. The minimum Gasteiger partial charge on any atom is -0.465 e. The Labute approximate surface area is 157 Å². The van der Waals surface area contributed by atoms with Gasteiger partial charge in [-0.3, -0.25) is 25.2 Å². The van der Waals surface area contributed by atoms with E-state index in [1.807, 2.05) is 31.2 Å². The van der Waals surface area contributed by atoms with E-state index < -0.39 is 5.91 Å². The zero-order valence-corrected chi connectivity index (χ0v) is 15.0. The normalized spacial score (nSPS) is 10.4. The number of aryl methyl sites for hydroxylation is 1. The average Bonchev–Trinajstić information content (AvgIpc) is 3.18. The molecule has 0 aliphatic carbocycles. The van der Waals surface area contributed by atoms with Crippen molar-refractivity contribution in [1.82, 2.24) is 16.2 Å². The summed E-state index contributed by atoms with van der Waals surface area (Å²) in [6.45, 7) is 2.14. The van der Waals surface area contributed by atoms with Gasteiger partial charge in [-0.1, -0.05) is 17.7 Å². The number of carbonyl (C=O) groups is 3. The van der Waals surface area contributed by atoms with Crippen LogP contribution in [-0.2, 0) is 14.4 Å². The third kappa shape index (κ3) is 7.91. The van der Waals surface area contributed by atoms with Gasteiger partial charge in [0.25, 0.3) is 5.91 Å². The van der Waals surface area contributed by atoms with Crippen molar-refractivity contribution in [2.45, 2.75) is 13.3 Å². The largest absolute Gasteiger partial charge is 0.465 e. The first-order chi connectivity index (χ1) is 13.0. The second kappa shape index (κ2) is 10.4. The molecule has 1 aromatic heterocycles. The van der Waals surface area contributed by atoms with Crippen LogP contribution in [0.2, 0.25) is 0 Å². The Morgan fingerprint density at radius 3 is 2.48 bits per heavy atom. The number of furan rings is 1. The fourth-order valence-corrected chi connectivity index (χ4v) is 2.00. The molecule has 1 heterocycles. The molecule has 0 bridgehead atoms. The SMILES string of the molecule is Cc1ccc(NCC(=O)NNC(=O)CCNC(=O)/C=C/c2ccco2)cc1. The highest BCUT2D eigenvalue weighted by Gasteiger charge is 2.05. The summed E-state index contributed by atoms with van der Waals surface area (Å²) in [6.07, 6.45) is 4.38. The molecule has 0 atom stereocenters. The summed E-state index contributed by atoms with van der Waals surface area (Å²) in [5.74, 6) is -0.571. The lowest BCUT2D eigenvalue weighted by molar-refractivity contribution is -0.128. The van der Waals surface area contributed by atoms with Gasteiger partial charge in [-0.2, -0.15) is 0 Å². The van der Waals surface area contributed by atoms with Gasteiger partial charge in [-0.05, 0) is 37.3 Å². The summed E-state index contributed by atoms with van der Waals surface area (Å²) in [4.78, 5) is 34.9. The highest BCUT2D eigenvalue weighted by molar-refractivity contribution is 5.91. The summed E-state index contributed by atoms with van der Waals surface area (Å²) in [6, 6.07) is 11.0. The number of benzene rings is 1. The van der Waals surface area contributed by atoms with Crippen LogP contribution in [0.3, 0.4) is 0 Å². The van der Waals surface area contributed by atoms with Gasteiger partial charge in [0.05, 0.1) is 12.8 Å². The lowest BCUT2D eigenvalue weighted by Crippen LogP contribution is -2.45. The van der Waals surface area contributed by atoms with Crippen LogP contribution in [-0.4, -0.2) is 30.8 Å². The molecular formula is C19H22N4O4. The first kappa shape index (κ1) is 19.8. The predicted octanol–water partition coefficient (Wildman–Crippen LogP) is 1.37. The van der Waals surface area contributed by atoms with Crippen molar-refractivity contribution in [3.8, 4) is 0 Å². The molecule has 0 saturated heterocycles. The Bertz CT molecular complexity index is 783. The minimum atomic E-state index is -0.408. The summed E-state index contributed by atoms with van der Waals surface area (Å²) in [5.41, 5.74) is 6.54. The fraction of sp³-hybridized carbons (Fsp3) is 0.211. The van der Waals surface area contributed by atoms with Crippen molar-refractivity contribution in [1.29, 1.82) is 0 Å². The van der Waals surface area contributed by atoms with Gasteiger partial charge < -0.3 is 15.1 Å². The number of nitrogens with one attached hydrogen (secondary N) is 4. The molecule has 0 aliphatic rings. The van der Waals surface area contributed by atoms with E-state index in [4.69, 9.17) is 4.42 Å². The van der Waals surface area contributed by atoms with E-state index in [1.165, 1.54) is 18.4 Å². The number of hydrazine groups is 1. The topological polar surface area (TPSA) is 112 Å². The predicted molar refractivity (Wildman–Crippen MR) is 101 cm³/mol. The van der Waals surface area contributed by atoms with Crippen molar-refractivity contribution in [3.05, 3.63) is 60.1 Å². The smallest absolute Gasteiger partial charge is 0.257 e. The fourth-order valence-electron chi connectivity index (χ4n) is 2.00. The Morgan fingerprint density at radius 2 is 1.78 bits per heavy atom. The molecule has 0 radical (unpaired) electrons. The van der Waals surface area contributed by atoms with Crippen molar-refractivity contribution >= 4 is 29.5 Å². The molecule has 2 aromatic rings. The highest BCUT2D eigenvalue weighted by atomic mass is 16.3. The number of hydrogen-bond acceptors (Lipinski definition) is 5. The van der Waals surface area contributed by atoms with Crippen LogP contribution < -0.4 is 21.5 Å². The summed E-state index contributed by atoms with van der Waals surface area (Å²) >= 11 is 0. The van der Waals surface area contributed by atoms with Gasteiger partial charge in [0.1, 0.15) is 5.76 Å². The molecule has 8 nitrogen and oxygen atoms in total. The Hall–Kier alpha value is -3.55. The van der Waals surface area contributed by atoms with E-state index in [-0.39, 0.29) is 31.3 Å². The molecule has 27 heavy (non-hydrogen) atoms. The van der Waals surface area contributed by atoms with Gasteiger partial charge in [0.2, 0.25) is 11.8 Å². The third-order valence-corrected chi connectivity index (χ3v) is 3.44. The second-order valence-corrected chi connectivity index (χ2v) is 5.71. The van der Waals surface area contributed by atoms with E-state index in [0.29, 0.717) is 5.76 Å². The Balaban J connectivity index is 1.56. The van der Waals surface area contributed by atoms with Crippen LogP contribution >= 0.6 is 0 Å². The first-order valence-electron chi connectivity index (χ1n) is 8.40. The zero-order valence-electron chi connectivity index (χ0n) is 15.0. The van der Waals surface area contributed by atoms with Gasteiger partial charge in [-0.25, -0.2) is 0 Å². The van der Waals surface area contributed by atoms with E-state index in [0.717, 1.165) is 11.3 Å². The van der Waals surface area contributed by atoms with E-state index in [1.54, 1.807) is 12.1 Å². The molecule has 1 aromatic carbocycles. The van der Waals surface area contributed by atoms with Crippen LogP contribution in [0.15, 0.2) is 53.2 Å². The number of carbonyl (C=O) groups excluding carboxylic acids is 3. The van der Waals surface area contributed by atoms with Crippen LogP contribution in [0.4, 0.5) is 5.69 Å². The van der Waals surface area contributed by atoms with E-state index >= 15 is 0 Å². The van der Waals surface area contributed by atoms with Crippen molar-refractivity contribution in [2.24, 2.45) is 0 Å². The summed E-state index contributed by atoms with van der Waals surface area (Å²) in [7, 11) is 0. The lowest BCUT2D eigenvalue weighted by Gasteiger charge is -2.09. The number of amides is 3. The average molecular weight is 370 g/mol. The van der Waals surface area contributed by atoms with Crippen molar-refractivity contribution in [3.63, 3.8) is 0 Å². The molecule has 142 valence electrons. The number of rotatable bonds is 8. The molecule has 0 spiro atoms. The first-order valence-corrected chi connectivity index (χ1v) is 8.40. The van der Waals surface area contributed by atoms with Gasteiger partial charge in [0.15, 0.2) is 0 Å². The van der Waals surface area contributed by atoms with Gasteiger partial charge in [-0.15, -0.1) is 0 Å². The second-order valence-electron chi connectivity index (χ2n) is 5.71. The van der Waals surface area contributed by atoms with Gasteiger partial charge in [0, 0.05) is 24.7 Å². The maximum Gasteiger partial charge on any atom is 0.257 e. The quantitative estimate of drug-likeness (QED) is 0.414. The van der Waals surface area contributed by atoms with Crippen LogP contribution in [0, 0.1) is 6.92 Å². The molecule has 0 saturated carbocycles. The lowest BCUT2D eigenvalue weighted by atomic mass is 10.2. The molecule has 0 aliphatic heterocycles. The molecule has 4 N–H and O–H groups in total. The molecule has 8 heteroatoms. The Kier molecular flexibility index (Phi) is 7.65. The number of anilines is 1. The van der Waals surface area contributed by atoms with Crippen molar-refractivity contribution in [2.75, 3.05) is 18.4 Å². The highest BCUT2D eigenvalue weighted by Crippen LogP contribution is 2.07. The van der Waals surface area contributed by atoms with Crippen LogP contribution in [0.5, 0.6) is 0 Å². The molecule has 0 unspecified atom stereocenters. The van der Waals surface area contributed by atoms with Crippen LogP contribution in [0.25, 0.3) is 6.08 Å². The maximum atomic E-state index is 11.7. The molecule has 2 rings (SSSR count). The zero-order chi connectivity index (χ0) is 19.5. The third-order valence-electron chi connectivity index (χ3n) is 3.44. The maximum absolute atomic E-state index is 11.7. The Morgan fingerprint density at radius 1 is 1.04 bits per heavy atom. The van der Waals surface area contributed by atoms with Crippen LogP contribution in [0.1, 0.15) is 17.7 Å². The van der Waals surface area contributed by atoms with E-state index in [9.17, 15) is 14.4 Å². The molecule has 0 fully saturated rings. The van der Waals surface area contributed by atoms with E-state index in [2.05, 4.69) is 21.5 Å².